The zero-order chi connectivity index (χ0) is 14.7. The molecule has 0 radical (unpaired) electrons. The van der Waals surface area contributed by atoms with Gasteiger partial charge in [0, 0.05) is 13.0 Å². The monoisotopic (exact) mass is 276 g/mol. The third-order valence-electron chi connectivity index (χ3n) is 3.24. The number of phenols is 3. The highest BCUT2D eigenvalue weighted by molar-refractivity contribution is 6.10. The molecule has 20 heavy (non-hydrogen) atoms. The minimum Gasteiger partial charge on any atom is -0.508 e. The second kappa shape index (κ2) is 3.77. The van der Waals surface area contributed by atoms with E-state index in [0.29, 0.717) is 5.39 Å². The maximum atomic E-state index is 12.0. The summed E-state index contributed by atoms with van der Waals surface area (Å²) in [5.41, 5.74) is -0.0787. The lowest BCUT2D eigenvalue weighted by molar-refractivity contribution is -0.123. The van der Waals surface area contributed by atoms with Gasteiger partial charge < -0.3 is 25.2 Å². The molecule has 4 N–H and O–H groups in total. The van der Waals surface area contributed by atoms with Crippen LogP contribution in [-0.4, -0.2) is 32.0 Å². The van der Waals surface area contributed by atoms with Gasteiger partial charge in [0.05, 0.1) is 11.8 Å². The first-order valence-electron chi connectivity index (χ1n) is 5.95. The first-order chi connectivity index (χ1) is 9.28. The Morgan fingerprint density at radius 2 is 1.90 bits per heavy atom. The number of aliphatic hydroxyl groups is 1. The van der Waals surface area contributed by atoms with Gasteiger partial charge in [-0.15, -0.1) is 0 Å². The van der Waals surface area contributed by atoms with Crippen LogP contribution in [0.3, 0.4) is 0 Å². The molecule has 1 aliphatic rings. The van der Waals surface area contributed by atoms with Crippen molar-refractivity contribution in [1.29, 1.82) is 0 Å². The second-order valence-electron chi connectivity index (χ2n) is 5.04. The third kappa shape index (κ3) is 1.73. The summed E-state index contributed by atoms with van der Waals surface area (Å²) in [6, 6.07) is 3.76. The van der Waals surface area contributed by atoms with Crippen molar-refractivity contribution < 1.29 is 30.0 Å². The van der Waals surface area contributed by atoms with E-state index in [9.17, 15) is 25.2 Å². The highest BCUT2D eigenvalue weighted by Gasteiger charge is 2.37. The number of carbonyl (C=O) groups is 1. The summed E-state index contributed by atoms with van der Waals surface area (Å²) in [4.78, 5) is 12.0. The van der Waals surface area contributed by atoms with Crippen LogP contribution in [0, 0.1) is 0 Å². The molecule has 2 aromatic rings. The Labute approximate surface area is 113 Å². The normalized spacial score (nSPS) is 21.6. The number of hydrogen-bond acceptors (Lipinski definition) is 6. The maximum absolute atomic E-state index is 12.0. The van der Waals surface area contributed by atoms with Gasteiger partial charge >= 0.3 is 0 Å². The fourth-order valence-electron chi connectivity index (χ4n) is 2.47. The number of hydrogen-bond donors (Lipinski definition) is 4. The van der Waals surface area contributed by atoms with Crippen molar-refractivity contribution >= 4 is 16.6 Å². The molecule has 0 bridgehead atoms. The van der Waals surface area contributed by atoms with Crippen LogP contribution in [0.1, 0.15) is 23.7 Å². The molecule has 0 aliphatic carbocycles. The van der Waals surface area contributed by atoms with Crippen molar-refractivity contribution in [1.82, 2.24) is 0 Å². The summed E-state index contributed by atoms with van der Waals surface area (Å²) in [5.74, 6) is -3.07. The standard InChI is InChI=1S/C14H12O6/c1-14(19)5-9(17)12-10(20-14)3-6-2-7(15)4-8(16)11(6)13(12)18/h2-4,15-16,18-19H,5H2,1H3/t14-/m0/s1. The molecule has 6 heteroatoms. The van der Waals surface area contributed by atoms with E-state index < -0.39 is 17.3 Å². The molecule has 1 heterocycles. The molecule has 1 atom stereocenters. The maximum Gasteiger partial charge on any atom is 0.212 e. The van der Waals surface area contributed by atoms with Crippen molar-refractivity contribution in [2.45, 2.75) is 19.1 Å². The molecule has 6 nitrogen and oxygen atoms in total. The van der Waals surface area contributed by atoms with E-state index in [2.05, 4.69) is 0 Å². The molecular formula is C14H12O6. The lowest BCUT2D eigenvalue weighted by Crippen LogP contribution is -2.38. The molecule has 1 aliphatic heterocycles. The molecular weight excluding hydrogens is 264 g/mol. The highest BCUT2D eigenvalue weighted by Crippen LogP contribution is 2.45. The SMILES string of the molecule is C[C@@]1(O)CC(=O)c2c(cc3cc(O)cc(O)c3c2O)O1. The number of benzene rings is 2. The topological polar surface area (TPSA) is 107 Å². The molecule has 104 valence electrons. The van der Waals surface area contributed by atoms with E-state index in [1.54, 1.807) is 0 Å². The zero-order valence-corrected chi connectivity index (χ0v) is 10.5. The summed E-state index contributed by atoms with van der Waals surface area (Å²) in [7, 11) is 0. The molecule has 3 rings (SSSR count). The Morgan fingerprint density at radius 1 is 1.20 bits per heavy atom. The van der Waals surface area contributed by atoms with E-state index in [-0.39, 0.29) is 34.6 Å². The Bertz CT molecular complexity index is 747. The van der Waals surface area contributed by atoms with E-state index in [4.69, 9.17) is 4.74 Å². The molecule has 0 aromatic heterocycles. The molecule has 0 saturated heterocycles. The molecule has 0 saturated carbocycles. The molecule has 0 fully saturated rings. The minimum atomic E-state index is -1.65. The van der Waals surface area contributed by atoms with Crippen molar-refractivity contribution in [3.63, 3.8) is 0 Å². The predicted molar refractivity (Wildman–Crippen MR) is 69.1 cm³/mol. The number of ketones is 1. The molecule has 0 spiro atoms. The molecule has 2 aromatic carbocycles. The van der Waals surface area contributed by atoms with Crippen molar-refractivity contribution in [3.8, 4) is 23.0 Å². The summed E-state index contributed by atoms with van der Waals surface area (Å²) in [6.45, 7) is 1.34. The summed E-state index contributed by atoms with van der Waals surface area (Å²) in [5, 5.41) is 39.6. The Kier molecular flexibility index (Phi) is 2.37. The van der Waals surface area contributed by atoms with E-state index >= 15 is 0 Å². The molecule has 0 unspecified atom stereocenters. The van der Waals surface area contributed by atoms with Crippen LogP contribution in [0.2, 0.25) is 0 Å². The Hall–Kier alpha value is -2.47. The highest BCUT2D eigenvalue weighted by atomic mass is 16.6. The summed E-state index contributed by atoms with van der Waals surface area (Å²) < 4.78 is 5.27. The quantitative estimate of drug-likeness (QED) is 0.582. The number of Topliss-reactive ketones (excluding diaryl/α,β-unsaturated/α-hetero) is 1. The second-order valence-corrected chi connectivity index (χ2v) is 5.04. The minimum absolute atomic E-state index is 0.0150. The van der Waals surface area contributed by atoms with Crippen LogP contribution in [0.5, 0.6) is 23.0 Å². The number of phenolic OH excluding ortho intramolecular Hbond substituents is 3. The number of ether oxygens (including phenoxy) is 1. The van der Waals surface area contributed by atoms with Crippen molar-refractivity contribution in [2.24, 2.45) is 0 Å². The Balaban J connectivity index is 2.38. The average molecular weight is 276 g/mol. The van der Waals surface area contributed by atoms with E-state index in [0.717, 1.165) is 6.07 Å². The summed E-state index contributed by atoms with van der Waals surface area (Å²) >= 11 is 0. The van der Waals surface area contributed by atoms with Crippen LogP contribution < -0.4 is 4.74 Å². The van der Waals surface area contributed by atoms with Gasteiger partial charge in [0.25, 0.3) is 0 Å². The fraction of sp³-hybridized carbons (Fsp3) is 0.214. The Morgan fingerprint density at radius 3 is 2.60 bits per heavy atom. The van der Waals surface area contributed by atoms with Gasteiger partial charge in [0.15, 0.2) is 5.78 Å². The van der Waals surface area contributed by atoms with Crippen molar-refractivity contribution in [3.05, 3.63) is 23.8 Å². The largest absolute Gasteiger partial charge is 0.508 e. The van der Waals surface area contributed by atoms with Gasteiger partial charge in [-0.2, -0.15) is 0 Å². The lowest BCUT2D eigenvalue weighted by Gasteiger charge is -2.30. The first-order valence-corrected chi connectivity index (χ1v) is 5.95. The van der Waals surface area contributed by atoms with Crippen LogP contribution in [0.25, 0.3) is 10.8 Å². The van der Waals surface area contributed by atoms with Crippen LogP contribution in [-0.2, 0) is 0 Å². The first kappa shape index (κ1) is 12.6. The van der Waals surface area contributed by atoms with Crippen molar-refractivity contribution in [2.75, 3.05) is 0 Å². The van der Waals surface area contributed by atoms with Gasteiger partial charge in [-0.3, -0.25) is 4.79 Å². The van der Waals surface area contributed by atoms with Crippen LogP contribution in [0.4, 0.5) is 0 Å². The van der Waals surface area contributed by atoms with E-state index in [1.807, 2.05) is 0 Å². The van der Waals surface area contributed by atoms with Gasteiger partial charge in [0.1, 0.15) is 28.6 Å². The number of fused-ring (bicyclic) bond motifs is 2. The fourth-order valence-corrected chi connectivity index (χ4v) is 2.47. The van der Waals surface area contributed by atoms with Gasteiger partial charge in [-0.05, 0) is 17.5 Å². The van der Waals surface area contributed by atoms with Gasteiger partial charge in [-0.25, -0.2) is 0 Å². The zero-order valence-electron chi connectivity index (χ0n) is 10.5. The number of aromatic hydroxyl groups is 3. The number of rotatable bonds is 0. The smallest absolute Gasteiger partial charge is 0.212 e. The summed E-state index contributed by atoms with van der Waals surface area (Å²) in [6.07, 6.45) is -0.294. The molecule has 0 amide bonds. The van der Waals surface area contributed by atoms with Gasteiger partial charge in [-0.1, -0.05) is 0 Å². The van der Waals surface area contributed by atoms with Crippen LogP contribution >= 0.6 is 0 Å². The lowest BCUT2D eigenvalue weighted by atomic mass is 9.94. The third-order valence-corrected chi connectivity index (χ3v) is 3.24. The number of carbonyl (C=O) groups excluding carboxylic acids is 1. The predicted octanol–water partition coefficient (Wildman–Crippen LogP) is 1.63. The van der Waals surface area contributed by atoms with Crippen LogP contribution in [0.15, 0.2) is 18.2 Å². The van der Waals surface area contributed by atoms with E-state index in [1.165, 1.54) is 19.1 Å². The van der Waals surface area contributed by atoms with Gasteiger partial charge in [0.2, 0.25) is 5.79 Å². The average Bonchev–Trinajstić information content (AvgIpc) is 2.24.